The molecule has 3 heterocycles. The number of hydrogen-bond donors (Lipinski definition) is 2. The molecular formula is C11H10BrN3OS2. The number of amides is 1. The van der Waals surface area contributed by atoms with Crippen molar-refractivity contribution in [3.05, 3.63) is 31.4 Å². The molecule has 4 nitrogen and oxygen atoms in total. The Kier molecular flexibility index (Phi) is 3.47. The van der Waals surface area contributed by atoms with E-state index in [1.165, 1.54) is 16.2 Å². The average molecular weight is 344 g/mol. The molecule has 1 aliphatic rings. The van der Waals surface area contributed by atoms with Crippen LogP contribution in [0.5, 0.6) is 0 Å². The molecule has 0 radical (unpaired) electrons. The summed E-state index contributed by atoms with van der Waals surface area (Å²) in [4.78, 5) is 18.4. The van der Waals surface area contributed by atoms with Crippen LogP contribution in [0.3, 0.4) is 0 Å². The van der Waals surface area contributed by atoms with Crippen molar-refractivity contribution in [1.29, 1.82) is 0 Å². The minimum atomic E-state index is -0.101. The number of halogens is 1. The van der Waals surface area contributed by atoms with Crippen LogP contribution in [-0.4, -0.2) is 17.4 Å². The van der Waals surface area contributed by atoms with Crippen LogP contribution in [0.25, 0.3) is 0 Å². The minimum Gasteiger partial charge on any atom is -0.311 e. The summed E-state index contributed by atoms with van der Waals surface area (Å²) in [5, 5.41) is 8.73. The zero-order valence-corrected chi connectivity index (χ0v) is 12.5. The molecule has 2 aromatic heterocycles. The van der Waals surface area contributed by atoms with Gasteiger partial charge in [-0.05, 0) is 27.4 Å². The number of hydrogen-bond acceptors (Lipinski definition) is 5. The predicted octanol–water partition coefficient (Wildman–Crippen LogP) is 2.87. The molecule has 0 spiro atoms. The highest BCUT2D eigenvalue weighted by Gasteiger charge is 2.18. The first-order chi connectivity index (χ1) is 8.74. The van der Waals surface area contributed by atoms with Crippen LogP contribution in [-0.2, 0) is 13.0 Å². The highest BCUT2D eigenvalue weighted by molar-refractivity contribution is 9.10. The van der Waals surface area contributed by atoms with E-state index in [2.05, 4.69) is 31.5 Å². The van der Waals surface area contributed by atoms with Gasteiger partial charge in [-0.3, -0.25) is 10.1 Å². The van der Waals surface area contributed by atoms with Crippen LogP contribution in [0, 0.1) is 0 Å². The topological polar surface area (TPSA) is 54.0 Å². The first kappa shape index (κ1) is 12.3. The lowest BCUT2D eigenvalue weighted by Gasteiger charge is -2.09. The monoisotopic (exact) mass is 343 g/mol. The highest BCUT2D eigenvalue weighted by atomic mass is 79.9. The number of rotatable bonds is 2. The summed E-state index contributed by atoms with van der Waals surface area (Å²) >= 11 is 6.33. The second kappa shape index (κ2) is 5.08. The Morgan fingerprint density at radius 1 is 1.56 bits per heavy atom. The van der Waals surface area contributed by atoms with E-state index in [-0.39, 0.29) is 5.91 Å². The molecule has 0 unspecified atom stereocenters. The molecule has 2 N–H and O–H groups in total. The molecule has 0 saturated heterocycles. The van der Waals surface area contributed by atoms with Gasteiger partial charge in [-0.15, -0.1) is 22.7 Å². The molecule has 0 aliphatic carbocycles. The Morgan fingerprint density at radius 3 is 3.17 bits per heavy atom. The van der Waals surface area contributed by atoms with Gasteiger partial charge in [0.2, 0.25) is 0 Å². The van der Waals surface area contributed by atoms with E-state index in [0.717, 1.165) is 29.7 Å². The van der Waals surface area contributed by atoms with E-state index >= 15 is 0 Å². The van der Waals surface area contributed by atoms with Gasteiger partial charge in [0.1, 0.15) is 4.88 Å². The summed E-state index contributed by atoms with van der Waals surface area (Å²) in [5.74, 6) is -0.101. The van der Waals surface area contributed by atoms with E-state index < -0.39 is 0 Å². The lowest BCUT2D eigenvalue weighted by atomic mass is 10.2. The van der Waals surface area contributed by atoms with E-state index in [4.69, 9.17) is 0 Å². The first-order valence-corrected chi connectivity index (χ1v) is 7.96. The quantitative estimate of drug-likeness (QED) is 0.881. The normalized spacial score (nSPS) is 14.3. The molecule has 2 aromatic rings. The van der Waals surface area contributed by atoms with Crippen LogP contribution in [0.15, 0.2) is 15.9 Å². The molecule has 0 atom stereocenters. The average Bonchev–Trinajstić information content (AvgIpc) is 2.94. The number of thiazole rings is 1. The van der Waals surface area contributed by atoms with Gasteiger partial charge in [-0.1, -0.05) is 0 Å². The van der Waals surface area contributed by atoms with Gasteiger partial charge >= 0.3 is 0 Å². The Hall–Kier alpha value is -0.760. The highest BCUT2D eigenvalue weighted by Crippen LogP contribution is 2.28. The maximum absolute atomic E-state index is 12.0. The summed E-state index contributed by atoms with van der Waals surface area (Å²) < 4.78 is 0.827. The lowest BCUT2D eigenvalue weighted by Crippen LogP contribution is -2.22. The number of fused-ring (bicyclic) bond motifs is 1. The maximum atomic E-state index is 12.0. The molecule has 94 valence electrons. The maximum Gasteiger partial charge on any atom is 0.268 e. The minimum absolute atomic E-state index is 0.101. The number of thiophene rings is 1. The summed E-state index contributed by atoms with van der Waals surface area (Å²) in [5.41, 5.74) is 1.11. The standard InChI is InChI=1S/C11H10BrN3OS2/c12-6-2-4-17-9(6)10(16)15-11-14-7-1-3-13-5-8(7)18-11/h2,4,13H,1,3,5H2,(H,14,15,16). The second-order valence-electron chi connectivity index (χ2n) is 3.87. The van der Waals surface area contributed by atoms with Crippen molar-refractivity contribution in [3.8, 4) is 0 Å². The Bertz CT molecular complexity index is 569. The summed E-state index contributed by atoms with van der Waals surface area (Å²) in [6.07, 6.45) is 0.935. The molecule has 7 heteroatoms. The second-order valence-corrected chi connectivity index (χ2v) is 6.72. The fourth-order valence-electron chi connectivity index (χ4n) is 1.79. The third-order valence-electron chi connectivity index (χ3n) is 2.65. The fourth-order valence-corrected chi connectivity index (χ4v) is 4.21. The third-order valence-corrected chi connectivity index (χ3v) is 5.50. The van der Waals surface area contributed by atoms with Gasteiger partial charge in [0.15, 0.2) is 5.13 Å². The summed E-state index contributed by atoms with van der Waals surface area (Å²) in [6, 6.07) is 1.87. The van der Waals surface area contributed by atoms with Crippen LogP contribution in [0.4, 0.5) is 5.13 Å². The summed E-state index contributed by atoms with van der Waals surface area (Å²) in [6.45, 7) is 1.81. The van der Waals surface area contributed by atoms with E-state index in [1.807, 2.05) is 11.4 Å². The van der Waals surface area contributed by atoms with Crippen molar-refractivity contribution in [1.82, 2.24) is 10.3 Å². The van der Waals surface area contributed by atoms with Gasteiger partial charge in [0.05, 0.1) is 5.69 Å². The Balaban J connectivity index is 1.79. The SMILES string of the molecule is O=C(Nc1nc2c(s1)CNCC2)c1sccc1Br. The van der Waals surface area contributed by atoms with Gasteiger partial charge < -0.3 is 5.32 Å². The molecule has 0 saturated carbocycles. The van der Waals surface area contributed by atoms with E-state index in [0.29, 0.717) is 10.0 Å². The number of anilines is 1. The molecule has 3 rings (SSSR count). The van der Waals surface area contributed by atoms with Crippen LogP contribution in [0.1, 0.15) is 20.2 Å². The third kappa shape index (κ3) is 2.35. The largest absolute Gasteiger partial charge is 0.311 e. The number of nitrogens with one attached hydrogen (secondary N) is 2. The molecular weight excluding hydrogens is 334 g/mol. The van der Waals surface area contributed by atoms with Crippen molar-refractivity contribution in [2.45, 2.75) is 13.0 Å². The summed E-state index contributed by atoms with van der Waals surface area (Å²) in [7, 11) is 0. The lowest BCUT2D eigenvalue weighted by molar-refractivity contribution is 0.103. The zero-order valence-electron chi connectivity index (χ0n) is 9.33. The van der Waals surface area contributed by atoms with E-state index in [1.54, 1.807) is 11.3 Å². The van der Waals surface area contributed by atoms with Crippen molar-refractivity contribution in [2.75, 3.05) is 11.9 Å². The molecule has 18 heavy (non-hydrogen) atoms. The fraction of sp³-hybridized carbons (Fsp3) is 0.273. The number of carbonyl (C=O) groups is 1. The molecule has 0 bridgehead atoms. The van der Waals surface area contributed by atoms with Gasteiger partial charge in [0, 0.05) is 28.9 Å². The van der Waals surface area contributed by atoms with Crippen molar-refractivity contribution < 1.29 is 4.79 Å². The van der Waals surface area contributed by atoms with Gasteiger partial charge in [-0.2, -0.15) is 0 Å². The van der Waals surface area contributed by atoms with Crippen LogP contribution in [0.2, 0.25) is 0 Å². The smallest absolute Gasteiger partial charge is 0.268 e. The Morgan fingerprint density at radius 2 is 2.44 bits per heavy atom. The van der Waals surface area contributed by atoms with E-state index in [9.17, 15) is 4.79 Å². The van der Waals surface area contributed by atoms with Crippen LogP contribution < -0.4 is 10.6 Å². The van der Waals surface area contributed by atoms with Crippen molar-refractivity contribution in [3.63, 3.8) is 0 Å². The first-order valence-electron chi connectivity index (χ1n) is 5.47. The zero-order chi connectivity index (χ0) is 12.5. The number of carbonyl (C=O) groups excluding carboxylic acids is 1. The molecule has 1 amide bonds. The molecule has 0 aromatic carbocycles. The number of nitrogens with zero attached hydrogens (tertiary/aromatic N) is 1. The van der Waals surface area contributed by atoms with Gasteiger partial charge in [-0.25, -0.2) is 4.98 Å². The predicted molar refractivity (Wildman–Crippen MR) is 77.5 cm³/mol. The Labute approximate surface area is 121 Å². The van der Waals surface area contributed by atoms with Crippen molar-refractivity contribution in [2.24, 2.45) is 0 Å². The van der Waals surface area contributed by atoms with Crippen molar-refractivity contribution >= 4 is 49.6 Å². The van der Waals surface area contributed by atoms with Crippen LogP contribution >= 0.6 is 38.6 Å². The number of aromatic nitrogens is 1. The molecule has 1 aliphatic heterocycles. The van der Waals surface area contributed by atoms with Gasteiger partial charge in [0.25, 0.3) is 5.91 Å². The molecule has 0 fully saturated rings.